The van der Waals surface area contributed by atoms with Gasteiger partial charge in [-0.3, -0.25) is 14.3 Å². The van der Waals surface area contributed by atoms with E-state index in [9.17, 15) is 18.4 Å². The monoisotopic (exact) mass is 335 g/mol. The fraction of sp³-hybridized carbons (Fsp3) is 0.438. The number of hydrogen-bond acceptors (Lipinski definition) is 4. The van der Waals surface area contributed by atoms with E-state index >= 15 is 0 Å². The van der Waals surface area contributed by atoms with E-state index in [4.69, 9.17) is 0 Å². The van der Waals surface area contributed by atoms with Crippen LogP contribution in [0.15, 0.2) is 27.5 Å². The molecule has 1 saturated heterocycles. The molecule has 1 unspecified atom stereocenters. The Kier molecular flexibility index (Phi) is 3.29. The van der Waals surface area contributed by atoms with Crippen LogP contribution in [-0.4, -0.2) is 34.0 Å². The summed E-state index contributed by atoms with van der Waals surface area (Å²) in [5.74, 6) is -3.44. The number of halogens is 2. The third-order valence-corrected chi connectivity index (χ3v) is 5.28. The van der Waals surface area contributed by atoms with E-state index < -0.39 is 23.3 Å². The van der Waals surface area contributed by atoms with Crippen molar-refractivity contribution in [1.29, 1.82) is 0 Å². The summed E-state index contributed by atoms with van der Waals surface area (Å²) in [4.78, 5) is 27.3. The molecule has 24 heavy (non-hydrogen) atoms. The Labute approximate surface area is 135 Å². The van der Waals surface area contributed by atoms with Crippen molar-refractivity contribution in [3.05, 3.63) is 51.8 Å². The molecule has 0 radical (unpaired) electrons. The largest absolute Gasteiger partial charge is 0.439 e. The lowest BCUT2D eigenvalue weighted by molar-refractivity contribution is 0.0710. The Balaban J connectivity index is 1.67. The molecule has 1 aromatic heterocycles. The van der Waals surface area contributed by atoms with Crippen molar-refractivity contribution in [2.45, 2.75) is 25.2 Å². The van der Waals surface area contributed by atoms with Gasteiger partial charge in [0, 0.05) is 19.0 Å². The van der Waals surface area contributed by atoms with Gasteiger partial charge in [-0.1, -0.05) is 18.6 Å². The quantitative estimate of drug-likeness (QED) is 0.911. The molecule has 126 valence electrons. The second kappa shape index (κ2) is 5.25. The number of rotatable bonds is 2. The number of amides is 1. The summed E-state index contributed by atoms with van der Waals surface area (Å²) in [5.41, 5.74) is 0.0626. The number of carbonyl (C=O) groups is 1. The highest BCUT2D eigenvalue weighted by atomic mass is 19.2. The first-order chi connectivity index (χ1) is 11.5. The molecule has 0 bridgehead atoms. The van der Waals surface area contributed by atoms with Crippen molar-refractivity contribution in [2.24, 2.45) is 5.41 Å². The first-order valence-electron chi connectivity index (χ1n) is 7.79. The highest BCUT2D eigenvalue weighted by Gasteiger charge is 2.53. The van der Waals surface area contributed by atoms with Crippen LogP contribution in [-0.2, 0) is 0 Å². The van der Waals surface area contributed by atoms with Gasteiger partial charge in [0.2, 0.25) is 5.82 Å². The Bertz CT molecular complexity index is 856. The second-order valence-corrected chi connectivity index (χ2v) is 6.54. The van der Waals surface area contributed by atoms with E-state index in [-0.39, 0.29) is 23.7 Å². The summed E-state index contributed by atoms with van der Waals surface area (Å²) in [6.07, 6.45) is 2.70. The molecule has 2 fully saturated rings. The van der Waals surface area contributed by atoms with Crippen LogP contribution in [0.5, 0.6) is 0 Å². The highest BCUT2D eigenvalue weighted by molar-refractivity contribution is 5.90. The topological polar surface area (TPSA) is 79.2 Å². The molecular weight excluding hydrogens is 320 g/mol. The van der Waals surface area contributed by atoms with Crippen LogP contribution in [0.3, 0.4) is 0 Å². The maximum atomic E-state index is 14.3. The third-order valence-electron chi connectivity index (χ3n) is 5.28. The van der Waals surface area contributed by atoms with E-state index in [2.05, 4.69) is 14.7 Å². The Morgan fingerprint density at radius 1 is 1.38 bits per heavy atom. The molecule has 1 N–H and O–H groups in total. The lowest BCUT2D eigenvalue weighted by Crippen LogP contribution is -2.38. The van der Waals surface area contributed by atoms with Crippen molar-refractivity contribution in [3.63, 3.8) is 0 Å². The molecule has 1 aliphatic heterocycles. The predicted molar refractivity (Wildman–Crippen MR) is 78.4 cm³/mol. The van der Waals surface area contributed by atoms with Gasteiger partial charge in [0.05, 0.1) is 0 Å². The van der Waals surface area contributed by atoms with Gasteiger partial charge < -0.3 is 4.90 Å². The Hall–Kier alpha value is -2.51. The zero-order valence-corrected chi connectivity index (χ0v) is 12.7. The van der Waals surface area contributed by atoms with Gasteiger partial charge in [-0.25, -0.2) is 13.6 Å². The van der Waals surface area contributed by atoms with Gasteiger partial charge in [-0.2, -0.15) is 0 Å². The molecule has 1 saturated carbocycles. The van der Waals surface area contributed by atoms with E-state index in [0.717, 1.165) is 25.3 Å². The molecule has 1 spiro atoms. The van der Waals surface area contributed by atoms with Crippen LogP contribution in [0.4, 0.5) is 8.78 Å². The summed E-state index contributed by atoms with van der Waals surface area (Å²) in [5, 5.41) is 3.41. The molecule has 8 heteroatoms. The lowest BCUT2D eigenvalue weighted by Gasteiger charge is -2.43. The molecule has 2 aliphatic rings. The first kappa shape index (κ1) is 15.0. The zero-order chi connectivity index (χ0) is 16.9. The summed E-state index contributed by atoms with van der Waals surface area (Å²) in [6.45, 7) is 0.690. The molecule has 1 aliphatic carbocycles. The van der Waals surface area contributed by atoms with Gasteiger partial charge in [0.1, 0.15) is 0 Å². The number of likely N-dealkylation sites (tertiary alicyclic amines) is 1. The van der Waals surface area contributed by atoms with Gasteiger partial charge in [-0.15, -0.1) is 0 Å². The maximum Gasteiger partial charge on any atom is 0.439 e. The van der Waals surface area contributed by atoms with Crippen molar-refractivity contribution < 1.29 is 18.1 Å². The maximum absolute atomic E-state index is 14.3. The van der Waals surface area contributed by atoms with Crippen LogP contribution in [0.2, 0.25) is 0 Å². The zero-order valence-electron chi connectivity index (χ0n) is 12.7. The van der Waals surface area contributed by atoms with Gasteiger partial charge in [0.15, 0.2) is 11.6 Å². The molecular formula is C16H15F2N3O3. The van der Waals surface area contributed by atoms with Crippen LogP contribution >= 0.6 is 0 Å². The highest BCUT2D eigenvalue weighted by Crippen LogP contribution is 2.56. The first-order valence-corrected chi connectivity index (χ1v) is 7.79. The Morgan fingerprint density at radius 2 is 2.17 bits per heavy atom. The molecule has 2 aromatic rings. The number of carbonyl (C=O) groups excluding carboxylic acids is 1. The van der Waals surface area contributed by atoms with Gasteiger partial charge in [0.25, 0.3) is 5.91 Å². The van der Waals surface area contributed by atoms with Crippen LogP contribution in [0.25, 0.3) is 0 Å². The van der Waals surface area contributed by atoms with Crippen molar-refractivity contribution >= 4 is 5.91 Å². The number of hydrogen-bond donors (Lipinski definition) is 1. The van der Waals surface area contributed by atoms with Crippen LogP contribution in [0, 0.1) is 17.0 Å². The van der Waals surface area contributed by atoms with Gasteiger partial charge >= 0.3 is 5.76 Å². The SMILES string of the molecule is O=C(c1noc(=O)[nH]1)N1CC(c2cccc(F)c2F)C2(CCC2)C1. The average Bonchev–Trinajstić information content (AvgIpc) is 3.13. The molecule has 1 aromatic carbocycles. The fourth-order valence-corrected chi connectivity index (χ4v) is 3.95. The fourth-order valence-electron chi connectivity index (χ4n) is 3.95. The summed E-state index contributed by atoms with van der Waals surface area (Å²) < 4.78 is 32.2. The lowest BCUT2D eigenvalue weighted by atomic mass is 9.61. The smallest absolute Gasteiger partial charge is 0.335 e. The molecule has 2 heterocycles. The number of aromatic amines is 1. The van der Waals surface area contributed by atoms with E-state index in [1.807, 2.05) is 0 Å². The molecule has 4 rings (SSSR count). The van der Waals surface area contributed by atoms with Crippen LogP contribution in [0.1, 0.15) is 41.4 Å². The van der Waals surface area contributed by atoms with E-state index in [1.165, 1.54) is 11.0 Å². The summed E-state index contributed by atoms with van der Waals surface area (Å²) in [7, 11) is 0. The second-order valence-electron chi connectivity index (χ2n) is 6.54. The van der Waals surface area contributed by atoms with Crippen molar-refractivity contribution in [3.8, 4) is 0 Å². The molecule has 6 nitrogen and oxygen atoms in total. The van der Waals surface area contributed by atoms with E-state index in [0.29, 0.717) is 12.1 Å². The van der Waals surface area contributed by atoms with Crippen LogP contribution < -0.4 is 5.76 Å². The predicted octanol–water partition coefficient (Wildman–Crippen LogP) is 2.05. The third kappa shape index (κ3) is 2.16. The Morgan fingerprint density at radius 3 is 2.79 bits per heavy atom. The normalized spacial score (nSPS) is 21.9. The minimum atomic E-state index is -0.882. The standard InChI is InChI=1S/C16H15F2N3O3/c17-11-4-1-3-9(12(11)18)10-7-21(8-16(10)5-2-6-16)14(22)13-19-15(23)24-20-13/h1,3-4,10H,2,5-8H2,(H,19,20,23). The van der Waals surface area contributed by atoms with Crippen molar-refractivity contribution in [2.75, 3.05) is 13.1 Å². The molecule has 1 amide bonds. The summed E-state index contributed by atoms with van der Waals surface area (Å²) in [6, 6.07) is 4.15. The minimum absolute atomic E-state index is 0.171. The molecule has 1 atom stereocenters. The number of aromatic nitrogens is 2. The van der Waals surface area contributed by atoms with Crippen molar-refractivity contribution in [1.82, 2.24) is 15.0 Å². The number of H-pyrrole nitrogens is 1. The van der Waals surface area contributed by atoms with Gasteiger partial charge in [-0.05, 0) is 35.0 Å². The number of nitrogens with one attached hydrogen (secondary N) is 1. The average molecular weight is 335 g/mol. The number of benzene rings is 1. The number of nitrogens with zero attached hydrogens (tertiary/aromatic N) is 2. The van der Waals surface area contributed by atoms with E-state index in [1.54, 1.807) is 6.07 Å². The minimum Gasteiger partial charge on any atom is -0.335 e. The summed E-state index contributed by atoms with van der Waals surface area (Å²) >= 11 is 0.